The molecule has 4 atom stereocenters. The lowest BCUT2D eigenvalue weighted by molar-refractivity contribution is -0.137. The maximum atomic E-state index is 12.4. The molecule has 4 unspecified atom stereocenters. The first-order valence-electron chi connectivity index (χ1n) is 6.59. The van der Waals surface area contributed by atoms with Crippen molar-refractivity contribution in [1.82, 2.24) is 0 Å². The van der Waals surface area contributed by atoms with Crippen LogP contribution in [0.4, 0.5) is 0 Å². The van der Waals surface area contributed by atoms with E-state index in [1.165, 1.54) is 6.42 Å². The van der Waals surface area contributed by atoms with Gasteiger partial charge in [0.05, 0.1) is 0 Å². The van der Waals surface area contributed by atoms with Crippen LogP contribution < -0.4 is 0 Å². The van der Waals surface area contributed by atoms with Gasteiger partial charge in [-0.1, -0.05) is 40.0 Å². The Bertz CT molecular complexity index is 288. The van der Waals surface area contributed by atoms with Gasteiger partial charge in [0.1, 0.15) is 5.25 Å². The molecule has 0 bridgehead atoms. The second kappa shape index (κ2) is 6.53. The third-order valence-electron chi connectivity index (χ3n) is 3.74. The van der Waals surface area contributed by atoms with Gasteiger partial charge in [-0.05, 0) is 24.7 Å². The maximum Gasteiger partial charge on any atom is 0.319 e. The van der Waals surface area contributed by atoms with Crippen molar-refractivity contribution in [2.75, 3.05) is 0 Å². The van der Waals surface area contributed by atoms with Crippen LogP contribution in [0.25, 0.3) is 0 Å². The average Bonchev–Trinajstić information content (AvgIpc) is 2.28. The Hall–Kier alpha value is -0.380. The Morgan fingerprint density at radius 1 is 1.41 bits per heavy atom. The molecule has 0 aromatic rings. The molecule has 4 heteroatoms. The largest absolute Gasteiger partial charge is 0.480 e. The van der Waals surface area contributed by atoms with Crippen molar-refractivity contribution in [2.45, 2.75) is 63.4 Å². The van der Waals surface area contributed by atoms with E-state index in [-0.39, 0.29) is 11.2 Å². The zero-order chi connectivity index (χ0) is 13.0. The minimum atomic E-state index is -1.23. The summed E-state index contributed by atoms with van der Waals surface area (Å²) in [7, 11) is -1.23. The summed E-state index contributed by atoms with van der Waals surface area (Å²) in [5, 5.41) is 8.57. The van der Waals surface area contributed by atoms with E-state index in [0.29, 0.717) is 5.92 Å². The second-order valence-electron chi connectivity index (χ2n) is 5.39. The van der Waals surface area contributed by atoms with Gasteiger partial charge in [-0.3, -0.25) is 9.00 Å². The first-order chi connectivity index (χ1) is 7.97. The van der Waals surface area contributed by atoms with Gasteiger partial charge in [-0.25, -0.2) is 0 Å². The molecule has 1 aliphatic rings. The molecular weight excluding hydrogens is 236 g/mol. The van der Waals surface area contributed by atoms with Gasteiger partial charge in [0.15, 0.2) is 0 Å². The van der Waals surface area contributed by atoms with Gasteiger partial charge in [-0.2, -0.15) is 0 Å². The number of hydrogen-bond donors (Lipinski definition) is 1. The lowest BCUT2D eigenvalue weighted by Crippen LogP contribution is -2.38. The molecule has 0 spiro atoms. The number of aliphatic carboxylic acids is 1. The molecule has 0 amide bonds. The Morgan fingerprint density at radius 3 is 2.53 bits per heavy atom. The highest BCUT2D eigenvalue weighted by Gasteiger charge is 2.35. The molecule has 1 saturated carbocycles. The summed E-state index contributed by atoms with van der Waals surface area (Å²) in [6.45, 7) is 5.85. The highest BCUT2D eigenvalue weighted by Crippen LogP contribution is 2.31. The third kappa shape index (κ3) is 3.80. The Labute approximate surface area is 106 Å². The molecule has 0 heterocycles. The summed E-state index contributed by atoms with van der Waals surface area (Å²) in [6.07, 6.45) is 5.30. The Balaban J connectivity index is 2.70. The SMILES string of the molecule is CCC1CCCC(S(=O)C(C(=O)O)C(C)C)C1. The molecule has 1 aliphatic carbocycles. The Kier molecular flexibility index (Phi) is 5.63. The van der Waals surface area contributed by atoms with E-state index >= 15 is 0 Å². The van der Waals surface area contributed by atoms with E-state index in [1.807, 2.05) is 13.8 Å². The number of hydrogen-bond acceptors (Lipinski definition) is 2. The van der Waals surface area contributed by atoms with Gasteiger partial charge in [-0.15, -0.1) is 0 Å². The van der Waals surface area contributed by atoms with Crippen LogP contribution in [-0.4, -0.2) is 25.8 Å². The quantitative estimate of drug-likeness (QED) is 0.827. The Morgan fingerprint density at radius 2 is 2.06 bits per heavy atom. The van der Waals surface area contributed by atoms with Crippen molar-refractivity contribution in [1.29, 1.82) is 0 Å². The van der Waals surface area contributed by atoms with Gasteiger partial charge >= 0.3 is 5.97 Å². The lowest BCUT2D eigenvalue weighted by Gasteiger charge is -2.30. The van der Waals surface area contributed by atoms with E-state index < -0.39 is 22.0 Å². The number of carboxylic acids is 1. The average molecular weight is 260 g/mol. The van der Waals surface area contributed by atoms with E-state index in [0.717, 1.165) is 25.7 Å². The van der Waals surface area contributed by atoms with Crippen LogP contribution in [0.5, 0.6) is 0 Å². The minimum Gasteiger partial charge on any atom is -0.480 e. The summed E-state index contributed by atoms with van der Waals surface area (Å²) in [5.41, 5.74) is 0. The summed E-state index contributed by atoms with van der Waals surface area (Å²) in [4.78, 5) is 11.2. The monoisotopic (exact) mass is 260 g/mol. The van der Waals surface area contributed by atoms with Crippen LogP contribution in [0.2, 0.25) is 0 Å². The van der Waals surface area contributed by atoms with Crippen molar-refractivity contribution in [3.05, 3.63) is 0 Å². The normalized spacial score (nSPS) is 28.9. The summed E-state index contributed by atoms with van der Waals surface area (Å²) in [5.74, 6) is -0.327. The van der Waals surface area contributed by atoms with Crippen LogP contribution in [0.1, 0.15) is 52.9 Å². The van der Waals surface area contributed by atoms with Crippen LogP contribution in [0.3, 0.4) is 0 Å². The summed E-state index contributed by atoms with van der Waals surface area (Å²) < 4.78 is 12.4. The molecule has 0 radical (unpaired) electrons. The van der Waals surface area contributed by atoms with Crippen LogP contribution in [-0.2, 0) is 15.6 Å². The number of carboxylic acid groups (broad SMARTS) is 1. The van der Waals surface area contributed by atoms with Crippen molar-refractivity contribution in [3.63, 3.8) is 0 Å². The molecule has 1 N–H and O–H groups in total. The summed E-state index contributed by atoms with van der Waals surface area (Å²) in [6, 6.07) is 0. The zero-order valence-electron chi connectivity index (χ0n) is 11.0. The predicted octanol–water partition coefficient (Wildman–Crippen LogP) is 2.81. The highest BCUT2D eigenvalue weighted by molar-refractivity contribution is 7.87. The lowest BCUT2D eigenvalue weighted by atomic mass is 9.87. The first-order valence-corrected chi connectivity index (χ1v) is 7.87. The van der Waals surface area contributed by atoms with Crippen LogP contribution in [0, 0.1) is 11.8 Å². The summed E-state index contributed by atoms with van der Waals surface area (Å²) >= 11 is 0. The first kappa shape index (κ1) is 14.7. The minimum absolute atomic E-state index is 0.0599. The molecule has 1 rings (SSSR count). The number of rotatable bonds is 5. The fourth-order valence-corrected chi connectivity index (χ4v) is 4.69. The van der Waals surface area contributed by atoms with Crippen LogP contribution >= 0.6 is 0 Å². The maximum absolute atomic E-state index is 12.4. The molecular formula is C13H24O3S. The predicted molar refractivity (Wildman–Crippen MR) is 70.4 cm³/mol. The molecule has 0 aliphatic heterocycles. The fraction of sp³-hybridized carbons (Fsp3) is 0.923. The van der Waals surface area contributed by atoms with E-state index in [9.17, 15) is 14.1 Å². The van der Waals surface area contributed by atoms with E-state index in [2.05, 4.69) is 6.92 Å². The third-order valence-corrected chi connectivity index (χ3v) is 6.07. The number of carbonyl (C=O) groups is 1. The van der Waals surface area contributed by atoms with Gasteiger partial charge in [0, 0.05) is 16.0 Å². The molecule has 3 nitrogen and oxygen atoms in total. The van der Waals surface area contributed by atoms with Crippen molar-refractivity contribution in [2.24, 2.45) is 11.8 Å². The molecule has 0 aromatic carbocycles. The van der Waals surface area contributed by atoms with Gasteiger partial charge in [0.2, 0.25) is 0 Å². The molecule has 1 fully saturated rings. The second-order valence-corrected chi connectivity index (χ2v) is 7.23. The smallest absolute Gasteiger partial charge is 0.319 e. The molecule has 0 saturated heterocycles. The zero-order valence-corrected chi connectivity index (χ0v) is 11.8. The molecule has 100 valence electrons. The van der Waals surface area contributed by atoms with Crippen molar-refractivity contribution < 1.29 is 14.1 Å². The van der Waals surface area contributed by atoms with E-state index in [1.54, 1.807) is 0 Å². The topological polar surface area (TPSA) is 54.4 Å². The van der Waals surface area contributed by atoms with Gasteiger partial charge < -0.3 is 5.11 Å². The fourth-order valence-electron chi connectivity index (χ4n) is 2.68. The molecule has 17 heavy (non-hydrogen) atoms. The van der Waals surface area contributed by atoms with Crippen LogP contribution in [0.15, 0.2) is 0 Å². The highest BCUT2D eigenvalue weighted by atomic mass is 32.2. The molecule has 0 aromatic heterocycles. The van der Waals surface area contributed by atoms with Crippen molar-refractivity contribution >= 4 is 16.8 Å². The van der Waals surface area contributed by atoms with Crippen molar-refractivity contribution in [3.8, 4) is 0 Å². The van der Waals surface area contributed by atoms with E-state index in [4.69, 9.17) is 0 Å². The van der Waals surface area contributed by atoms with Gasteiger partial charge in [0.25, 0.3) is 0 Å². The standard InChI is InChI=1S/C13H24O3S/c1-4-10-6-5-7-11(8-10)17(16)12(9(2)3)13(14)15/h9-12H,4-8H2,1-3H3,(H,14,15).